The van der Waals surface area contributed by atoms with E-state index < -0.39 is 11.9 Å². The molecular weight excluding hydrogens is 280 g/mol. The van der Waals surface area contributed by atoms with Gasteiger partial charge in [0.15, 0.2) is 0 Å². The summed E-state index contributed by atoms with van der Waals surface area (Å²) in [6, 6.07) is 0. The van der Waals surface area contributed by atoms with Crippen molar-refractivity contribution in [2.75, 3.05) is 0 Å². The summed E-state index contributed by atoms with van der Waals surface area (Å²) in [5.41, 5.74) is 0.837. The van der Waals surface area contributed by atoms with Crippen molar-refractivity contribution in [3.63, 3.8) is 0 Å². The van der Waals surface area contributed by atoms with Crippen LogP contribution in [0.2, 0.25) is 0 Å². The van der Waals surface area contributed by atoms with Crippen molar-refractivity contribution >= 4 is 35.0 Å². The monoisotopic (exact) mass is 306 g/mol. The number of carboxylic acid groups (broad SMARTS) is 2. The van der Waals surface area contributed by atoms with Gasteiger partial charge < -0.3 is 19.8 Å². The molecule has 0 aliphatic heterocycles. The molecule has 0 aliphatic rings. The van der Waals surface area contributed by atoms with Crippen molar-refractivity contribution in [2.24, 2.45) is 0 Å². The van der Waals surface area contributed by atoms with Crippen molar-refractivity contribution in [1.82, 2.24) is 0 Å². The molecule has 0 saturated carbocycles. The van der Waals surface area contributed by atoms with E-state index in [1.807, 2.05) is 27.7 Å². The number of unbranched alkanes of at least 4 members (excludes halogenated alkanes) is 2. The fraction of sp³-hybridized carbons (Fsp3) is 0.625. The van der Waals surface area contributed by atoms with Crippen LogP contribution < -0.4 is 10.2 Å². The Labute approximate surface area is 144 Å². The molecule has 0 heterocycles. The van der Waals surface area contributed by atoms with Crippen LogP contribution in [-0.4, -0.2) is 35.0 Å². The van der Waals surface area contributed by atoms with Crippen LogP contribution in [0.15, 0.2) is 23.3 Å². The predicted molar refractivity (Wildman–Crippen MR) is 82.3 cm³/mol. The molecule has 0 amide bonds. The third-order valence-electron chi connectivity index (χ3n) is 2.65. The second-order valence-electron chi connectivity index (χ2n) is 4.32. The number of hydrogen-bond acceptors (Lipinski definition) is 4. The zero-order valence-corrected chi connectivity index (χ0v) is 15.2. The van der Waals surface area contributed by atoms with Crippen LogP contribution in [0.5, 0.6) is 0 Å². The molecule has 4 nitrogen and oxygen atoms in total. The van der Waals surface area contributed by atoms with Gasteiger partial charge in [-0.1, -0.05) is 52.7 Å². The van der Waals surface area contributed by atoms with E-state index in [2.05, 4.69) is 0 Å². The zero-order valence-electron chi connectivity index (χ0n) is 13.7. The molecule has 5 heteroatoms. The molecule has 0 aromatic heterocycles. The fourth-order valence-corrected chi connectivity index (χ4v) is 1.38. The molecule has 0 saturated heterocycles. The van der Waals surface area contributed by atoms with Gasteiger partial charge in [0, 0.05) is 0 Å². The van der Waals surface area contributed by atoms with Crippen LogP contribution in [0.4, 0.5) is 0 Å². The topological polar surface area (TPSA) is 80.3 Å². The third kappa shape index (κ3) is 15.4. The molecule has 0 N–H and O–H groups in total. The van der Waals surface area contributed by atoms with Gasteiger partial charge in [-0.15, -0.1) is 0 Å². The Bertz CT molecular complexity index is 312. The number of allylic oxidation sites excluding steroid dienone is 2. The number of carbonyl (C=O) groups is 2. The third-order valence-corrected chi connectivity index (χ3v) is 2.65. The molecule has 0 atom stereocenters. The van der Waals surface area contributed by atoms with Crippen LogP contribution in [-0.2, 0) is 9.59 Å². The minimum absolute atomic E-state index is 0. The molecule has 21 heavy (non-hydrogen) atoms. The molecule has 0 aromatic carbocycles. The Morgan fingerprint density at radius 1 is 0.762 bits per heavy atom. The number of carbonyl (C=O) groups excluding carboxylic acids is 2. The van der Waals surface area contributed by atoms with Gasteiger partial charge in [-0.2, -0.15) is 0 Å². The average molecular weight is 307 g/mol. The minimum Gasteiger partial charge on any atom is -0.545 e. The fourth-order valence-electron chi connectivity index (χ4n) is 1.38. The van der Waals surface area contributed by atoms with Crippen LogP contribution in [0.3, 0.4) is 0 Å². The van der Waals surface area contributed by atoms with Crippen molar-refractivity contribution < 1.29 is 19.8 Å². The van der Waals surface area contributed by atoms with Crippen LogP contribution in [0, 0.1) is 0 Å². The van der Waals surface area contributed by atoms with Gasteiger partial charge in [0.25, 0.3) is 0 Å². The van der Waals surface area contributed by atoms with E-state index in [9.17, 15) is 19.8 Å². The molecular formula is C16H26MgO4. The molecule has 0 aromatic rings. The largest absolute Gasteiger partial charge is 2.00 e. The van der Waals surface area contributed by atoms with Crippen molar-refractivity contribution in [3.8, 4) is 0 Å². The Kier molecular flexibility index (Phi) is 20.7. The SMILES string of the molecule is CCC/C=C(\CC)C(=O)[O-].CCC/C=C(\CC)C(=O)[O-].[Mg+2]. The summed E-state index contributed by atoms with van der Waals surface area (Å²) < 4.78 is 0. The Balaban J connectivity index is -0.000000295. The molecule has 0 rings (SSSR count). The molecule has 0 aliphatic carbocycles. The standard InChI is InChI=1S/2C8H14O2.Mg/c2*1-3-5-6-7(4-2)8(9)10;/h2*6H,3-5H2,1-2H3,(H,9,10);/q;;+2/p-2/b2*7-6+;. The van der Waals surface area contributed by atoms with Gasteiger partial charge in [0.2, 0.25) is 0 Å². The predicted octanol–water partition coefficient (Wildman–Crippen LogP) is 1.36. The van der Waals surface area contributed by atoms with Gasteiger partial charge in [0.1, 0.15) is 0 Å². The maximum atomic E-state index is 10.3. The second kappa shape index (κ2) is 17.2. The Morgan fingerprint density at radius 2 is 1.05 bits per heavy atom. The summed E-state index contributed by atoms with van der Waals surface area (Å²) >= 11 is 0. The van der Waals surface area contributed by atoms with Crippen LogP contribution >= 0.6 is 0 Å². The Hall–Kier alpha value is -0.814. The summed E-state index contributed by atoms with van der Waals surface area (Å²) in [6.07, 6.45) is 8.21. The first-order valence-corrected chi connectivity index (χ1v) is 7.25. The van der Waals surface area contributed by atoms with Gasteiger partial charge in [-0.05, 0) is 36.8 Å². The molecule has 0 fully saturated rings. The number of carboxylic acids is 2. The van der Waals surface area contributed by atoms with Gasteiger partial charge in [-0.3, -0.25) is 0 Å². The first-order valence-electron chi connectivity index (χ1n) is 7.25. The van der Waals surface area contributed by atoms with E-state index in [1.165, 1.54) is 0 Å². The maximum Gasteiger partial charge on any atom is 2.00 e. The summed E-state index contributed by atoms with van der Waals surface area (Å²) in [5, 5.41) is 20.5. The van der Waals surface area contributed by atoms with Crippen LogP contribution in [0.25, 0.3) is 0 Å². The molecule has 0 bridgehead atoms. The molecule has 0 spiro atoms. The maximum absolute atomic E-state index is 10.3. The van der Waals surface area contributed by atoms with Crippen molar-refractivity contribution in [3.05, 3.63) is 23.3 Å². The molecule has 0 unspecified atom stereocenters. The smallest absolute Gasteiger partial charge is 0.545 e. The van der Waals surface area contributed by atoms with E-state index >= 15 is 0 Å². The van der Waals surface area contributed by atoms with Crippen molar-refractivity contribution in [2.45, 2.75) is 66.2 Å². The van der Waals surface area contributed by atoms with E-state index in [0.29, 0.717) is 24.0 Å². The van der Waals surface area contributed by atoms with Crippen LogP contribution in [0.1, 0.15) is 66.2 Å². The molecule has 116 valence electrons. The van der Waals surface area contributed by atoms with Gasteiger partial charge in [-0.25, -0.2) is 0 Å². The summed E-state index contributed by atoms with van der Waals surface area (Å²) in [6.45, 7) is 7.66. The van der Waals surface area contributed by atoms with Gasteiger partial charge in [0.05, 0.1) is 11.9 Å². The van der Waals surface area contributed by atoms with E-state index in [4.69, 9.17) is 0 Å². The van der Waals surface area contributed by atoms with E-state index in [1.54, 1.807) is 12.2 Å². The zero-order chi connectivity index (χ0) is 16.0. The number of hydrogen-bond donors (Lipinski definition) is 0. The summed E-state index contributed by atoms with van der Waals surface area (Å²) in [4.78, 5) is 20.5. The first kappa shape index (κ1) is 25.2. The quantitative estimate of drug-likeness (QED) is 0.501. The van der Waals surface area contributed by atoms with E-state index in [-0.39, 0.29) is 23.1 Å². The summed E-state index contributed by atoms with van der Waals surface area (Å²) in [5.74, 6) is -2.06. The summed E-state index contributed by atoms with van der Waals surface area (Å²) in [7, 11) is 0. The normalized spacial score (nSPS) is 11.0. The number of rotatable bonds is 8. The second-order valence-corrected chi connectivity index (χ2v) is 4.32. The average Bonchev–Trinajstić information content (AvgIpc) is 2.40. The number of aliphatic carboxylic acids is 2. The van der Waals surface area contributed by atoms with E-state index in [0.717, 1.165) is 25.7 Å². The Morgan fingerprint density at radius 3 is 1.19 bits per heavy atom. The van der Waals surface area contributed by atoms with Gasteiger partial charge >= 0.3 is 23.1 Å². The first-order chi connectivity index (χ1) is 9.44. The van der Waals surface area contributed by atoms with Crippen molar-refractivity contribution in [1.29, 1.82) is 0 Å². The minimum atomic E-state index is -1.03. The molecule has 0 radical (unpaired) electrons.